The number of esters is 1. The topological polar surface area (TPSA) is 81.4 Å². The van der Waals surface area contributed by atoms with Crippen LogP contribution in [0.1, 0.15) is 39.0 Å². The molecule has 0 aromatic heterocycles. The zero-order valence-electron chi connectivity index (χ0n) is 10.1. The Morgan fingerprint density at radius 3 is 2.44 bits per heavy atom. The molecule has 0 rings (SSSR count). The molecule has 0 saturated carbocycles. The molecule has 0 fully saturated rings. The van der Waals surface area contributed by atoms with Crippen molar-refractivity contribution in [1.29, 1.82) is 0 Å². The number of nitrogens with one attached hydrogen (secondary N) is 1. The van der Waals surface area contributed by atoms with Crippen molar-refractivity contribution in [3.8, 4) is 0 Å². The summed E-state index contributed by atoms with van der Waals surface area (Å²) in [6.45, 7) is 2.31. The van der Waals surface area contributed by atoms with E-state index in [2.05, 4.69) is 10.1 Å². The summed E-state index contributed by atoms with van der Waals surface area (Å²) >= 11 is 0. The number of rotatable bonds is 8. The SMILES string of the molecule is COC(=O)CCCCCCNC(=O)C(C)N. The maximum atomic E-state index is 11.1. The Hall–Kier alpha value is -1.10. The molecule has 1 unspecified atom stereocenters. The highest BCUT2D eigenvalue weighted by molar-refractivity contribution is 5.80. The first-order chi connectivity index (χ1) is 7.57. The molecule has 0 aliphatic heterocycles. The van der Waals surface area contributed by atoms with Gasteiger partial charge in [0, 0.05) is 13.0 Å². The predicted molar refractivity (Wildman–Crippen MR) is 61.8 cm³/mol. The number of nitrogens with two attached hydrogens (primary N) is 1. The second-order valence-corrected chi connectivity index (χ2v) is 3.82. The van der Waals surface area contributed by atoms with Gasteiger partial charge >= 0.3 is 5.97 Å². The highest BCUT2D eigenvalue weighted by atomic mass is 16.5. The number of methoxy groups -OCH3 is 1. The first-order valence-electron chi connectivity index (χ1n) is 5.68. The first kappa shape index (κ1) is 14.9. The monoisotopic (exact) mass is 230 g/mol. The minimum Gasteiger partial charge on any atom is -0.469 e. The molecule has 5 heteroatoms. The molecule has 0 aliphatic carbocycles. The number of hydrogen-bond donors (Lipinski definition) is 2. The zero-order chi connectivity index (χ0) is 12.4. The molecule has 0 radical (unpaired) electrons. The van der Waals surface area contributed by atoms with Crippen molar-refractivity contribution in [1.82, 2.24) is 5.32 Å². The van der Waals surface area contributed by atoms with Gasteiger partial charge < -0.3 is 15.8 Å². The number of ether oxygens (including phenoxy) is 1. The average molecular weight is 230 g/mol. The van der Waals surface area contributed by atoms with E-state index < -0.39 is 6.04 Å². The number of carbonyl (C=O) groups is 2. The van der Waals surface area contributed by atoms with Crippen LogP contribution in [-0.2, 0) is 14.3 Å². The quantitative estimate of drug-likeness (QED) is 0.472. The Bertz CT molecular complexity index is 217. The Morgan fingerprint density at radius 2 is 1.88 bits per heavy atom. The van der Waals surface area contributed by atoms with Gasteiger partial charge in [0.15, 0.2) is 0 Å². The summed E-state index contributed by atoms with van der Waals surface area (Å²) in [6.07, 6.45) is 4.20. The summed E-state index contributed by atoms with van der Waals surface area (Å²) in [7, 11) is 1.39. The lowest BCUT2D eigenvalue weighted by molar-refractivity contribution is -0.140. The molecule has 0 heterocycles. The average Bonchev–Trinajstić information content (AvgIpc) is 2.26. The molecule has 0 aliphatic rings. The van der Waals surface area contributed by atoms with Gasteiger partial charge in [-0.1, -0.05) is 12.8 Å². The predicted octanol–water partition coefficient (Wildman–Crippen LogP) is 0.573. The van der Waals surface area contributed by atoms with Crippen molar-refractivity contribution < 1.29 is 14.3 Å². The highest BCUT2D eigenvalue weighted by Gasteiger charge is 2.05. The summed E-state index contributed by atoms with van der Waals surface area (Å²) in [5, 5.41) is 2.74. The second-order valence-electron chi connectivity index (χ2n) is 3.82. The van der Waals surface area contributed by atoms with E-state index in [-0.39, 0.29) is 11.9 Å². The Morgan fingerprint density at radius 1 is 1.25 bits per heavy atom. The Kier molecular flexibility index (Phi) is 8.52. The fourth-order valence-corrected chi connectivity index (χ4v) is 1.22. The molecule has 5 nitrogen and oxygen atoms in total. The van der Waals surface area contributed by atoms with E-state index in [9.17, 15) is 9.59 Å². The molecule has 16 heavy (non-hydrogen) atoms. The van der Waals surface area contributed by atoms with Gasteiger partial charge in [0.2, 0.25) is 5.91 Å². The minimum absolute atomic E-state index is 0.116. The maximum Gasteiger partial charge on any atom is 0.305 e. The second kappa shape index (κ2) is 9.15. The molecule has 1 amide bonds. The van der Waals surface area contributed by atoms with E-state index in [1.54, 1.807) is 6.92 Å². The van der Waals surface area contributed by atoms with Crippen molar-refractivity contribution in [2.24, 2.45) is 5.73 Å². The number of carbonyl (C=O) groups excluding carboxylic acids is 2. The Labute approximate surface area is 96.7 Å². The van der Waals surface area contributed by atoms with Crippen molar-refractivity contribution >= 4 is 11.9 Å². The van der Waals surface area contributed by atoms with Crippen LogP contribution >= 0.6 is 0 Å². The molecule has 0 saturated heterocycles. The summed E-state index contributed by atoms with van der Waals surface area (Å²) in [5.41, 5.74) is 5.38. The summed E-state index contributed by atoms with van der Waals surface area (Å²) < 4.78 is 4.53. The molecular weight excluding hydrogens is 208 g/mol. The molecule has 0 bridgehead atoms. The lowest BCUT2D eigenvalue weighted by atomic mass is 10.1. The van der Waals surface area contributed by atoms with Gasteiger partial charge in [0.05, 0.1) is 13.2 Å². The van der Waals surface area contributed by atoms with Crippen LogP contribution in [0.4, 0.5) is 0 Å². The first-order valence-corrected chi connectivity index (χ1v) is 5.68. The maximum absolute atomic E-state index is 11.1. The van der Waals surface area contributed by atoms with E-state index in [1.807, 2.05) is 0 Å². The number of unbranched alkanes of at least 4 members (excludes halogenated alkanes) is 3. The normalized spacial score (nSPS) is 11.9. The summed E-state index contributed by atoms with van der Waals surface area (Å²) in [4.78, 5) is 21.8. The third-order valence-electron chi connectivity index (χ3n) is 2.25. The lowest BCUT2D eigenvalue weighted by Gasteiger charge is -2.07. The van der Waals surface area contributed by atoms with Crippen LogP contribution in [-0.4, -0.2) is 31.6 Å². The van der Waals surface area contributed by atoms with Crippen LogP contribution < -0.4 is 11.1 Å². The van der Waals surface area contributed by atoms with Crippen LogP contribution in [0.3, 0.4) is 0 Å². The fourth-order valence-electron chi connectivity index (χ4n) is 1.22. The molecule has 1 atom stereocenters. The minimum atomic E-state index is -0.445. The van der Waals surface area contributed by atoms with Crippen molar-refractivity contribution in [3.63, 3.8) is 0 Å². The molecule has 0 aromatic carbocycles. The lowest BCUT2D eigenvalue weighted by Crippen LogP contribution is -2.38. The van der Waals surface area contributed by atoms with Crippen molar-refractivity contribution in [3.05, 3.63) is 0 Å². The standard InChI is InChI=1S/C11H22N2O3/c1-9(12)11(15)13-8-6-4-3-5-7-10(14)16-2/h9H,3-8,12H2,1-2H3,(H,13,15). The highest BCUT2D eigenvalue weighted by Crippen LogP contribution is 2.03. The van der Waals surface area contributed by atoms with Gasteiger partial charge in [-0.25, -0.2) is 0 Å². The van der Waals surface area contributed by atoms with Crippen LogP contribution in [0.25, 0.3) is 0 Å². The number of hydrogen-bond acceptors (Lipinski definition) is 4. The Balaban J connectivity index is 3.22. The van der Waals surface area contributed by atoms with E-state index in [0.717, 1.165) is 25.7 Å². The smallest absolute Gasteiger partial charge is 0.305 e. The third kappa shape index (κ3) is 8.23. The van der Waals surface area contributed by atoms with Gasteiger partial charge in [-0.3, -0.25) is 9.59 Å². The van der Waals surface area contributed by atoms with Gasteiger partial charge in [-0.2, -0.15) is 0 Å². The van der Waals surface area contributed by atoms with Crippen LogP contribution in [0.2, 0.25) is 0 Å². The number of amides is 1. The van der Waals surface area contributed by atoms with E-state index in [0.29, 0.717) is 13.0 Å². The van der Waals surface area contributed by atoms with Gasteiger partial charge in [-0.05, 0) is 19.8 Å². The fraction of sp³-hybridized carbons (Fsp3) is 0.818. The van der Waals surface area contributed by atoms with E-state index in [4.69, 9.17) is 5.73 Å². The van der Waals surface area contributed by atoms with Gasteiger partial charge in [0.25, 0.3) is 0 Å². The summed E-state index contributed by atoms with van der Waals surface area (Å²) in [6, 6.07) is -0.445. The van der Waals surface area contributed by atoms with Crippen molar-refractivity contribution in [2.75, 3.05) is 13.7 Å². The van der Waals surface area contributed by atoms with E-state index in [1.165, 1.54) is 7.11 Å². The largest absolute Gasteiger partial charge is 0.469 e. The van der Waals surface area contributed by atoms with E-state index >= 15 is 0 Å². The molecule has 0 aromatic rings. The molecule has 94 valence electrons. The van der Waals surface area contributed by atoms with Crippen LogP contribution in [0.5, 0.6) is 0 Å². The van der Waals surface area contributed by atoms with Crippen LogP contribution in [0, 0.1) is 0 Å². The molecular formula is C11H22N2O3. The van der Waals surface area contributed by atoms with Crippen molar-refractivity contribution in [2.45, 2.75) is 45.1 Å². The van der Waals surface area contributed by atoms with Crippen LogP contribution in [0.15, 0.2) is 0 Å². The summed E-state index contributed by atoms with van der Waals surface area (Å²) in [5.74, 6) is -0.278. The third-order valence-corrected chi connectivity index (χ3v) is 2.25. The molecule has 3 N–H and O–H groups in total. The zero-order valence-corrected chi connectivity index (χ0v) is 10.1. The van der Waals surface area contributed by atoms with Gasteiger partial charge in [-0.15, -0.1) is 0 Å². The van der Waals surface area contributed by atoms with Gasteiger partial charge in [0.1, 0.15) is 0 Å². The molecule has 0 spiro atoms.